The molecular weight excluding hydrogens is 264 g/mol. The van der Waals surface area contributed by atoms with Crippen LogP contribution in [-0.2, 0) is 9.53 Å². The Bertz CT molecular complexity index is 331. The zero-order valence-corrected chi connectivity index (χ0v) is 13.9. The largest absolute Gasteiger partial charge is 0.465 e. The van der Waals surface area contributed by atoms with Gasteiger partial charge in [0.25, 0.3) is 0 Å². The van der Waals surface area contributed by atoms with E-state index in [2.05, 4.69) is 24.1 Å². The summed E-state index contributed by atoms with van der Waals surface area (Å²) in [6.45, 7) is 8.45. The third-order valence-corrected chi connectivity index (χ3v) is 4.88. The van der Waals surface area contributed by atoms with Gasteiger partial charge < -0.3 is 10.1 Å². The molecule has 0 aromatic rings. The maximum absolute atomic E-state index is 12.2. The van der Waals surface area contributed by atoms with Crippen LogP contribution in [-0.4, -0.2) is 48.7 Å². The number of carbonyl (C=O) groups is 1. The van der Waals surface area contributed by atoms with E-state index in [1.807, 2.05) is 6.92 Å². The van der Waals surface area contributed by atoms with Crippen LogP contribution in [0, 0.1) is 5.92 Å². The fourth-order valence-corrected chi connectivity index (χ4v) is 4.03. The smallest absolute Gasteiger partial charge is 0.324 e. The molecule has 1 saturated carbocycles. The molecule has 2 fully saturated rings. The molecule has 1 saturated heterocycles. The highest BCUT2D eigenvalue weighted by molar-refractivity contribution is 5.76. The van der Waals surface area contributed by atoms with Crippen LogP contribution in [0.3, 0.4) is 0 Å². The second-order valence-electron chi connectivity index (χ2n) is 6.88. The van der Waals surface area contributed by atoms with E-state index >= 15 is 0 Å². The molecule has 122 valence electrons. The summed E-state index contributed by atoms with van der Waals surface area (Å²) < 4.78 is 5.25. The lowest BCUT2D eigenvalue weighted by molar-refractivity contribution is -0.146. The van der Waals surface area contributed by atoms with Crippen molar-refractivity contribution in [1.82, 2.24) is 10.2 Å². The van der Waals surface area contributed by atoms with Crippen LogP contribution < -0.4 is 5.32 Å². The summed E-state index contributed by atoms with van der Waals surface area (Å²) in [5, 5.41) is 3.39. The highest BCUT2D eigenvalue weighted by Gasteiger charge is 2.35. The lowest BCUT2D eigenvalue weighted by atomic mass is 9.78. The van der Waals surface area contributed by atoms with Crippen LogP contribution in [0.15, 0.2) is 0 Å². The Labute approximate surface area is 129 Å². The fraction of sp³-hybridized carbons (Fsp3) is 0.941. The van der Waals surface area contributed by atoms with Crippen molar-refractivity contribution in [2.45, 2.75) is 77.4 Å². The van der Waals surface area contributed by atoms with Crippen LogP contribution in [0.1, 0.15) is 59.3 Å². The normalized spacial score (nSPS) is 28.2. The Kier molecular flexibility index (Phi) is 6.49. The second kappa shape index (κ2) is 8.14. The SMILES string of the molecule is CCOC(=O)C(CN1CCCC2CCCCC21)NC(C)C. The van der Waals surface area contributed by atoms with Gasteiger partial charge >= 0.3 is 5.97 Å². The number of nitrogens with zero attached hydrogens (tertiary/aromatic N) is 1. The van der Waals surface area contributed by atoms with E-state index in [-0.39, 0.29) is 12.0 Å². The summed E-state index contributed by atoms with van der Waals surface area (Å²) in [6, 6.07) is 0.801. The van der Waals surface area contributed by atoms with E-state index in [9.17, 15) is 4.79 Å². The van der Waals surface area contributed by atoms with Gasteiger partial charge in [0.2, 0.25) is 0 Å². The van der Waals surface area contributed by atoms with Crippen molar-refractivity contribution in [3.05, 3.63) is 0 Å². The van der Waals surface area contributed by atoms with Crippen molar-refractivity contribution in [1.29, 1.82) is 0 Å². The molecule has 1 aliphatic heterocycles. The van der Waals surface area contributed by atoms with Crippen molar-refractivity contribution in [2.24, 2.45) is 5.92 Å². The number of hydrogen-bond donors (Lipinski definition) is 1. The first-order valence-electron chi connectivity index (χ1n) is 8.78. The molecule has 1 heterocycles. The van der Waals surface area contributed by atoms with Gasteiger partial charge in [-0.15, -0.1) is 0 Å². The predicted molar refractivity (Wildman–Crippen MR) is 85.2 cm³/mol. The standard InChI is InChI=1S/C17H32N2O2/c1-4-21-17(20)15(18-13(2)3)12-19-11-7-9-14-8-5-6-10-16(14)19/h13-16,18H,4-12H2,1-3H3. The third kappa shape index (κ3) is 4.68. The third-order valence-electron chi connectivity index (χ3n) is 4.88. The molecule has 3 atom stereocenters. The quantitative estimate of drug-likeness (QED) is 0.765. The van der Waals surface area contributed by atoms with Gasteiger partial charge in [-0.05, 0) is 45.1 Å². The molecule has 1 aliphatic carbocycles. The fourth-order valence-electron chi connectivity index (χ4n) is 4.03. The number of rotatable bonds is 6. The molecular formula is C17H32N2O2. The molecule has 0 aromatic carbocycles. The molecule has 3 unspecified atom stereocenters. The summed E-state index contributed by atoms with van der Waals surface area (Å²) in [5.74, 6) is 0.763. The minimum atomic E-state index is -0.189. The molecule has 21 heavy (non-hydrogen) atoms. The van der Waals surface area contributed by atoms with E-state index in [1.54, 1.807) is 0 Å². The van der Waals surface area contributed by atoms with Crippen LogP contribution >= 0.6 is 0 Å². The Balaban J connectivity index is 1.98. The van der Waals surface area contributed by atoms with E-state index in [1.165, 1.54) is 38.5 Å². The van der Waals surface area contributed by atoms with Gasteiger partial charge in [-0.1, -0.05) is 26.7 Å². The van der Waals surface area contributed by atoms with Crippen molar-refractivity contribution in [3.8, 4) is 0 Å². The average Bonchev–Trinajstić information content (AvgIpc) is 2.46. The minimum absolute atomic E-state index is 0.0934. The predicted octanol–water partition coefficient (Wildman–Crippen LogP) is 2.57. The Morgan fingerprint density at radius 1 is 1.24 bits per heavy atom. The Morgan fingerprint density at radius 2 is 1.95 bits per heavy atom. The molecule has 2 aliphatic rings. The number of esters is 1. The van der Waals surface area contributed by atoms with E-state index in [0.29, 0.717) is 18.7 Å². The first-order chi connectivity index (χ1) is 10.1. The Hall–Kier alpha value is -0.610. The average molecular weight is 296 g/mol. The van der Waals surface area contributed by atoms with Crippen LogP contribution in [0.25, 0.3) is 0 Å². The molecule has 0 radical (unpaired) electrons. The summed E-state index contributed by atoms with van der Waals surface area (Å²) in [6.07, 6.45) is 8.08. The summed E-state index contributed by atoms with van der Waals surface area (Å²) in [7, 11) is 0. The summed E-state index contributed by atoms with van der Waals surface area (Å²) >= 11 is 0. The lowest BCUT2D eigenvalue weighted by Crippen LogP contribution is -2.55. The maximum atomic E-state index is 12.2. The molecule has 0 aromatic heterocycles. The highest BCUT2D eigenvalue weighted by atomic mass is 16.5. The number of likely N-dealkylation sites (tertiary alicyclic amines) is 1. The lowest BCUT2D eigenvalue weighted by Gasteiger charge is -2.45. The number of ether oxygens (including phenoxy) is 1. The highest BCUT2D eigenvalue weighted by Crippen LogP contribution is 2.35. The maximum Gasteiger partial charge on any atom is 0.324 e. The zero-order valence-electron chi connectivity index (χ0n) is 13.9. The molecule has 0 spiro atoms. The topological polar surface area (TPSA) is 41.6 Å². The zero-order chi connectivity index (χ0) is 15.2. The van der Waals surface area contributed by atoms with Gasteiger partial charge in [0.05, 0.1) is 6.61 Å². The first-order valence-corrected chi connectivity index (χ1v) is 8.78. The van der Waals surface area contributed by atoms with Gasteiger partial charge in [-0.25, -0.2) is 0 Å². The Morgan fingerprint density at radius 3 is 2.67 bits per heavy atom. The van der Waals surface area contributed by atoms with E-state index < -0.39 is 0 Å². The van der Waals surface area contributed by atoms with Crippen LogP contribution in [0.5, 0.6) is 0 Å². The summed E-state index contributed by atoms with van der Waals surface area (Å²) in [5.41, 5.74) is 0. The minimum Gasteiger partial charge on any atom is -0.465 e. The molecule has 0 bridgehead atoms. The van der Waals surface area contributed by atoms with Crippen molar-refractivity contribution in [3.63, 3.8) is 0 Å². The molecule has 1 N–H and O–H groups in total. The van der Waals surface area contributed by atoms with Gasteiger partial charge in [-0.2, -0.15) is 0 Å². The van der Waals surface area contributed by atoms with Crippen molar-refractivity contribution in [2.75, 3.05) is 19.7 Å². The van der Waals surface area contributed by atoms with Gasteiger partial charge in [0.1, 0.15) is 6.04 Å². The molecule has 4 nitrogen and oxygen atoms in total. The van der Waals surface area contributed by atoms with E-state index in [4.69, 9.17) is 4.74 Å². The van der Waals surface area contributed by atoms with Crippen molar-refractivity contribution < 1.29 is 9.53 Å². The van der Waals surface area contributed by atoms with Gasteiger partial charge in [0, 0.05) is 18.6 Å². The van der Waals surface area contributed by atoms with Gasteiger partial charge in [0.15, 0.2) is 0 Å². The molecule has 2 rings (SSSR count). The van der Waals surface area contributed by atoms with Gasteiger partial charge in [-0.3, -0.25) is 9.69 Å². The number of hydrogen-bond acceptors (Lipinski definition) is 4. The van der Waals surface area contributed by atoms with E-state index in [0.717, 1.165) is 19.0 Å². The van der Waals surface area contributed by atoms with Crippen LogP contribution in [0.4, 0.5) is 0 Å². The first kappa shape index (κ1) is 16.8. The monoisotopic (exact) mass is 296 g/mol. The number of piperidine rings is 1. The number of carbonyl (C=O) groups excluding carboxylic acids is 1. The van der Waals surface area contributed by atoms with Crippen LogP contribution in [0.2, 0.25) is 0 Å². The molecule has 4 heteroatoms. The number of fused-ring (bicyclic) bond motifs is 1. The van der Waals surface area contributed by atoms with Crippen molar-refractivity contribution >= 4 is 5.97 Å². The second-order valence-corrected chi connectivity index (χ2v) is 6.88. The summed E-state index contributed by atoms with van der Waals surface area (Å²) in [4.78, 5) is 14.8. The molecule has 0 amide bonds. The number of nitrogens with one attached hydrogen (secondary N) is 1.